The van der Waals surface area contributed by atoms with E-state index in [9.17, 15) is 9.59 Å². The molecule has 0 aliphatic heterocycles. The van der Waals surface area contributed by atoms with Gasteiger partial charge < -0.3 is 21.5 Å². The number of nitrogen functional groups attached to an aromatic ring is 1. The molecule has 0 atom stereocenters. The number of para-hydroxylation sites is 2. The number of amides is 1. The van der Waals surface area contributed by atoms with Crippen molar-refractivity contribution in [1.29, 1.82) is 0 Å². The van der Waals surface area contributed by atoms with Crippen molar-refractivity contribution >= 4 is 23.3 Å². The van der Waals surface area contributed by atoms with E-state index in [2.05, 4.69) is 0 Å². The molecule has 0 aliphatic carbocycles. The van der Waals surface area contributed by atoms with E-state index < -0.39 is 11.9 Å². The first-order valence-corrected chi connectivity index (χ1v) is 5.10. The van der Waals surface area contributed by atoms with Crippen LogP contribution in [0, 0.1) is 0 Å². The molecule has 0 bridgehead atoms. The van der Waals surface area contributed by atoms with Gasteiger partial charge in [0.2, 0.25) is 5.91 Å². The molecule has 0 aliphatic rings. The minimum Gasteiger partial charge on any atom is -0.480 e. The maximum atomic E-state index is 10.7. The third-order valence-corrected chi connectivity index (χ3v) is 2.23. The number of carbonyl (C=O) groups excluding carboxylic acids is 1. The lowest BCUT2D eigenvalue weighted by Crippen LogP contribution is -2.33. The van der Waals surface area contributed by atoms with Crippen LogP contribution in [-0.2, 0) is 9.59 Å². The molecule has 6 nitrogen and oxygen atoms in total. The number of rotatable bonds is 6. The molecule has 1 aromatic carbocycles. The zero-order valence-corrected chi connectivity index (χ0v) is 9.30. The van der Waals surface area contributed by atoms with Crippen molar-refractivity contribution in [2.45, 2.75) is 6.42 Å². The SMILES string of the molecule is NC(=O)CCN(CC(=O)O)c1ccccc1N. The molecule has 5 N–H and O–H groups in total. The molecule has 0 saturated carbocycles. The molecular formula is C11H15N3O3. The second-order valence-electron chi connectivity index (χ2n) is 3.59. The lowest BCUT2D eigenvalue weighted by atomic mass is 10.2. The van der Waals surface area contributed by atoms with Crippen molar-refractivity contribution in [1.82, 2.24) is 0 Å². The predicted octanol–water partition coefficient (Wildman–Crippen LogP) is 0.0352. The van der Waals surface area contributed by atoms with Gasteiger partial charge in [-0.1, -0.05) is 12.1 Å². The Balaban J connectivity index is 2.85. The summed E-state index contributed by atoms with van der Waals surface area (Å²) >= 11 is 0. The fourth-order valence-corrected chi connectivity index (χ4v) is 1.47. The summed E-state index contributed by atoms with van der Waals surface area (Å²) in [5.74, 6) is -1.47. The van der Waals surface area contributed by atoms with Gasteiger partial charge >= 0.3 is 5.97 Å². The third-order valence-electron chi connectivity index (χ3n) is 2.23. The summed E-state index contributed by atoms with van der Waals surface area (Å²) in [6, 6.07) is 6.89. The van der Waals surface area contributed by atoms with Crippen LogP contribution in [0.1, 0.15) is 6.42 Å². The van der Waals surface area contributed by atoms with Gasteiger partial charge in [0.1, 0.15) is 6.54 Å². The molecule has 0 unspecified atom stereocenters. The van der Waals surface area contributed by atoms with Crippen molar-refractivity contribution in [3.8, 4) is 0 Å². The van der Waals surface area contributed by atoms with Gasteiger partial charge in [-0.05, 0) is 12.1 Å². The highest BCUT2D eigenvalue weighted by Gasteiger charge is 2.13. The molecule has 0 saturated heterocycles. The second kappa shape index (κ2) is 5.74. The van der Waals surface area contributed by atoms with Crippen LogP contribution in [0.25, 0.3) is 0 Å². The molecule has 1 amide bonds. The molecule has 92 valence electrons. The first-order chi connectivity index (χ1) is 8.00. The quantitative estimate of drug-likeness (QED) is 0.605. The van der Waals surface area contributed by atoms with E-state index in [0.717, 1.165) is 0 Å². The van der Waals surface area contributed by atoms with E-state index in [4.69, 9.17) is 16.6 Å². The number of benzene rings is 1. The van der Waals surface area contributed by atoms with Gasteiger partial charge in [-0.25, -0.2) is 0 Å². The maximum Gasteiger partial charge on any atom is 0.323 e. The van der Waals surface area contributed by atoms with Gasteiger partial charge in [-0.15, -0.1) is 0 Å². The van der Waals surface area contributed by atoms with Crippen LogP contribution >= 0.6 is 0 Å². The molecule has 1 aromatic rings. The van der Waals surface area contributed by atoms with E-state index >= 15 is 0 Å². The van der Waals surface area contributed by atoms with Crippen molar-refractivity contribution in [2.75, 3.05) is 23.7 Å². The van der Waals surface area contributed by atoms with E-state index in [1.807, 2.05) is 0 Å². The number of carbonyl (C=O) groups is 2. The molecule has 0 heterocycles. The molecular weight excluding hydrogens is 222 g/mol. The number of primary amides is 1. The highest BCUT2D eigenvalue weighted by atomic mass is 16.4. The van der Waals surface area contributed by atoms with Gasteiger partial charge in [-0.2, -0.15) is 0 Å². The van der Waals surface area contributed by atoms with Crippen LogP contribution < -0.4 is 16.4 Å². The predicted molar refractivity (Wildman–Crippen MR) is 64.5 cm³/mol. The monoisotopic (exact) mass is 237 g/mol. The summed E-state index contributed by atoms with van der Waals surface area (Å²) in [5.41, 5.74) is 11.9. The van der Waals surface area contributed by atoms with Crippen molar-refractivity contribution < 1.29 is 14.7 Å². The Morgan fingerprint density at radius 3 is 2.47 bits per heavy atom. The summed E-state index contributed by atoms with van der Waals surface area (Å²) in [4.78, 5) is 23.0. The number of nitrogens with two attached hydrogens (primary N) is 2. The lowest BCUT2D eigenvalue weighted by molar-refractivity contribution is -0.135. The van der Waals surface area contributed by atoms with Crippen molar-refractivity contribution in [2.24, 2.45) is 5.73 Å². The van der Waals surface area contributed by atoms with Crippen molar-refractivity contribution in [3.05, 3.63) is 24.3 Å². The second-order valence-corrected chi connectivity index (χ2v) is 3.59. The normalized spacial score (nSPS) is 9.88. The zero-order valence-electron chi connectivity index (χ0n) is 9.30. The largest absolute Gasteiger partial charge is 0.480 e. The number of carboxylic acid groups (broad SMARTS) is 1. The molecule has 0 aromatic heterocycles. The fraction of sp³-hybridized carbons (Fsp3) is 0.273. The Morgan fingerprint density at radius 1 is 1.29 bits per heavy atom. The van der Waals surface area contributed by atoms with E-state index in [-0.39, 0.29) is 19.5 Å². The minimum absolute atomic E-state index is 0.0849. The number of aliphatic carboxylic acids is 1. The van der Waals surface area contributed by atoms with Crippen molar-refractivity contribution in [3.63, 3.8) is 0 Å². The number of anilines is 2. The molecule has 0 spiro atoms. The molecule has 0 fully saturated rings. The highest BCUT2D eigenvalue weighted by molar-refractivity contribution is 5.79. The van der Waals surface area contributed by atoms with Crippen LogP contribution in [0.3, 0.4) is 0 Å². The van der Waals surface area contributed by atoms with Gasteiger partial charge in [-0.3, -0.25) is 9.59 Å². The van der Waals surface area contributed by atoms with E-state index in [1.54, 1.807) is 24.3 Å². The van der Waals surface area contributed by atoms with E-state index in [1.165, 1.54) is 4.90 Å². The minimum atomic E-state index is -0.988. The topological polar surface area (TPSA) is 110 Å². The van der Waals surface area contributed by atoms with Gasteiger partial charge in [0.25, 0.3) is 0 Å². The van der Waals surface area contributed by atoms with Gasteiger partial charge in [0, 0.05) is 13.0 Å². The number of nitrogens with zero attached hydrogens (tertiary/aromatic N) is 1. The highest BCUT2D eigenvalue weighted by Crippen LogP contribution is 2.22. The summed E-state index contributed by atoms with van der Waals surface area (Å²) < 4.78 is 0. The van der Waals surface area contributed by atoms with Crippen LogP contribution in [0.2, 0.25) is 0 Å². The first kappa shape index (κ1) is 12.8. The Hall–Kier alpha value is -2.24. The standard InChI is InChI=1S/C11H15N3O3/c12-8-3-1-2-4-9(8)14(7-11(16)17)6-5-10(13)15/h1-4H,5-7,12H2,(H2,13,15)(H,16,17). The average Bonchev–Trinajstić information content (AvgIpc) is 2.24. The Morgan fingerprint density at radius 2 is 1.94 bits per heavy atom. The van der Waals surface area contributed by atoms with Crippen LogP contribution in [0.15, 0.2) is 24.3 Å². The summed E-state index contributed by atoms with van der Waals surface area (Å²) in [6.07, 6.45) is 0.0849. The number of hydrogen-bond donors (Lipinski definition) is 3. The number of carboxylic acids is 1. The molecule has 17 heavy (non-hydrogen) atoms. The zero-order chi connectivity index (χ0) is 12.8. The van der Waals surface area contributed by atoms with E-state index in [0.29, 0.717) is 11.4 Å². The Kier molecular flexibility index (Phi) is 4.33. The number of hydrogen-bond acceptors (Lipinski definition) is 4. The first-order valence-electron chi connectivity index (χ1n) is 5.10. The Bertz CT molecular complexity index is 420. The average molecular weight is 237 g/mol. The maximum absolute atomic E-state index is 10.7. The van der Waals surface area contributed by atoms with Crippen LogP contribution in [-0.4, -0.2) is 30.1 Å². The molecule has 0 radical (unpaired) electrons. The fourth-order valence-electron chi connectivity index (χ4n) is 1.47. The van der Waals surface area contributed by atoms with Crippen LogP contribution in [0.4, 0.5) is 11.4 Å². The summed E-state index contributed by atoms with van der Waals surface area (Å²) in [5, 5.41) is 8.80. The summed E-state index contributed by atoms with van der Waals surface area (Å²) in [7, 11) is 0. The summed E-state index contributed by atoms with van der Waals surface area (Å²) in [6.45, 7) is 0.0112. The van der Waals surface area contributed by atoms with Gasteiger partial charge in [0.05, 0.1) is 11.4 Å². The Labute approximate surface area is 98.8 Å². The van der Waals surface area contributed by atoms with Crippen LogP contribution in [0.5, 0.6) is 0 Å². The lowest BCUT2D eigenvalue weighted by Gasteiger charge is -2.23. The third kappa shape index (κ3) is 4.02. The van der Waals surface area contributed by atoms with Gasteiger partial charge in [0.15, 0.2) is 0 Å². The smallest absolute Gasteiger partial charge is 0.323 e. The molecule has 6 heteroatoms. The molecule has 1 rings (SSSR count).